The van der Waals surface area contributed by atoms with Crippen molar-refractivity contribution in [3.8, 4) is 0 Å². The molecule has 17 heavy (non-hydrogen) atoms. The zero-order chi connectivity index (χ0) is 12.8. The molecule has 0 aliphatic carbocycles. The maximum atomic E-state index is 11.1. The lowest BCUT2D eigenvalue weighted by Gasteiger charge is -2.19. The smallest absolute Gasteiger partial charge is 0.320 e. The average molecular weight is 238 g/mol. The molecule has 0 spiro atoms. The summed E-state index contributed by atoms with van der Waals surface area (Å²) in [6, 6.07) is -0.558. The first-order valence-corrected chi connectivity index (χ1v) is 5.57. The van der Waals surface area contributed by atoms with Gasteiger partial charge in [-0.1, -0.05) is 20.3 Å². The van der Waals surface area contributed by atoms with E-state index in [-0.39, 0.29) is 11.9 Å². The van der Waals surface area contributed by atoms with Crippen LogP contribution in [0.4, 0.5) is 5.95 Å². The molecule has 0 fully saturated rings. The monoisotopic (exact) mass is 238 g/mol. The van der Waals surface area contributed by atoms with Gasteiger partial charge in [-0.05, 0) is 5.92 Å². The third-order valence-electron chi connectivity index (χ3n) is 2.73. The number of hydrogen-bond donors (Lipinski definition) is 3. The molecule has 1 rings (SSSR count). The van der Waals surface area contributed by atoms with Gasteiger partial charge in [0.25, 0.3) is 0 Å². The topological polar surface area (TPSA) is 101 Å². The van der Waals surface area contributed by atoms with Crippen molar-refractivity contribution in [2.45, 2.75) is 32.9 Å². The van der Waals surface area contributed by atoms with Gasteiger partial charge in [-0.3, -0.25) is 10.1 Å². The van der Waals surface area contributed by atoms with Crippen LogP contribution in [-0.2, 0) is 11.3 Å². The molecule has 0 aliphatic heterocycles. The molecule has 6 heteroatoms. The van der Waals surface area contributed by atoms with Gasteiger partial charge < -0.3 is 10.8 Å². The van der Waals surface area contributed by atoms with Crippen molar-refractivity contribution >= 4 is 11.9 Å². The second kappa shape index (κ2) is 6.15. The fraction of sp³-hybridized carbons (Fsp3) is 0.545. The predicted octanol–water partition coefficient (Wildman–Crippen LogP) is 0.648. The Hall–Kier alpha value is -1.69. The minimum atomic E-state index is -0.837. The normalized spacial score (nSPS) is 14.2. The molecule has 0 bridgehead atoms. The predicted molar refractivity (Wildman–Crippen MR) is 64.2 cm³/mol. The molecule has 0 saturated heterocycles. The van der Waals surface area contributed by atoms with E-state index in [0.29, 0.717) is 6.54 Å². The molecule has 2 atom stereocenters. The maximum Gasteiger partial charge on any atom is 0.320 e. The van der Waals surface area contributed by atoms with Crippen molar-refractivity contribution in [2.24, 2.45) is 5.92 Å². The standard InChI is InChI=1S/C11H18N4O2/c1-3-7(2)9(10(16)17)13-4-8-5-14-11(12)15-6-8/h5-7,9,13H,3-4H2,1-2H3,(H,16,17)(H2,12,14,15)/t7-,9+/m1/s1. The van der Waals surface area contributed by atoms with E-state index in [2.05, 4.69) is 15.3 Å². The van der Waals surface area contributed by atoms with Gasteiger partial charge in [-0.15, -0.1) is 0 Å². The molecule has 0 saturated carbocycles. The average Bonchev–Trinajstić information content (AvgIpc) is 2.31. The molecule has 0 amide bonds. The van der Waals surface area contributed by atoms with Crippen LogP contribution in [0.1, 0.15) is 25.8 Å². The van der Waals surface area contributed by atoms with Crippen molar-refractivity contribution in [1.82, 2.24) is 15.3 Å². The zero-order valence-electron chi connectivity index (χ0n) is 10.1. The van der Waals surface area contributed by atoms with Crippen molar-refractivity contribution in [2.75, 3.05) is 5.73 Å². The van der Waals surface area contributed by atoms with Crippen molar-refractivity contribution in [3.05, 3.63) is 18.0 Å². The van der Waals surface area contributed by atoms with Gasteiger partial charge in [0.05, 0.1) is 0 Å². The number of anilines is 1. The summed E-state index contributed by atoms with van der Waals surface area (Å²) in [6.07, 6.45) is 3.98. The molecule has 4 N–H and O–H groups in total. The van der Waals surface area contributed by atoms with Crippen LogP contribution < -0.4 is 11.1 Å². The number of carboxylic acids is 1. The van der Waals surface area contributed by atoms with Crippen LogP contribution >= 0.6 is 0 Å². The molecule has 1 heterocycles. The van der Waals surface area contributed by atoms with Crippen molar-refractivity contribution < 1.29 is 9.90 Å². The summed E-state index contributed by atoms with van der Waals surface area (Å²) in [5.41, 5.74) is 6.18. The van der Waals surface area contributed by atoms with Crippen LogP contribution in [0.3, 0.4) is 0 Å². The minimum Gasteiger partial charge on any atom is -0.480 e. The number of hydrogen-bond acceptors (Lipinski definition) is 5. The van der Waals surface area contributed by atoms with Crippen molar-refractivity contribution in [1.29, 1.82) is 0 Å². The summed E-state index contributed by atoms with van der Waals surface area (Å²) < 4.78 is 0. The fourth-order valence-corrected chi connectivity index (χ4v) is 1.45. The van der Waals surface area contributed by atoms with Gasteiger partial charge >= 0.3 is 5.97 Å². The van der Waals surface area contributed by atoms with Crippen LogP contribution in [0, 0.1) is 5.92 Å². The molecule has 94 valence electrons. The Labute approximate surface area is 100 Å². The fourth-order valence-electron chi connectivity index (χ4n) is 1.45. The van der Waals surface area contributed by atoms with Gasteiger partial charge in [-0.2, -0.15) is 0 Å². The van der Waals surface area contributed by atoms with Gasteiger partial charge in [0, 0.05) is 24.5 Å². The lowest BCUT2D eigenvalue weighted by molar-refractivity contribution is -0.140. The minimum absolute atomic E-state index is 0.0715. The third kappa shape index (κ3) is 3.99. The Kier molecular flexibility index (Phi) is 4.84. The first-order chi connectivity index (χ1) is 8.04. The summed E-state index contributed by atoms with van der Waals surface area (Å²) in [6.45, 7) is 4.29. The molecule has 0 aliphatic rings. The van der Waals surface area contributed by atoms with E-state index in [4.69, 9.17) is 10.8 Å². The summed E-state index contributed by atoms with van der Waals surface area (Å²) >= 11 is 0. The van der Waals surface area contributed by atoms with Crippen LogP contribution in [-0.4, -0.2) is 27.1 Å². The number of carboxylic acid groups (broad SMARTS) is 1. The molecule has 1 aromatic rings. The molecule has 1 aromatic heterocycles. The summed E-state index contributed by atoms with van der Waals surface area (Å²) in [7, 11) is 0. The highest BCUT2D eigenvalue weighted by Crippen LogP contribution is 2.09. The Morgan fingerprint density at radius 1 is 1.53 bits per heavy atom. The van der Waals surface area contributed by atoms with E-state index >= 15 is 0 Å². The Bertz CT molecular complexity index is 366. The number of nitrogens with one attached hydrogen (secondary N) is 1. The Morgan fingerprint density at radius 2 is 2.12 bits per heavy atom. The summed E-state index contributed by atoms with van der Waals surface area (Å²) in [5, 5.41) is 12.1. The summed E-state index contributed by atoms with van der Waals surface area (Å²) in [4.78, 5) is 18.8. The number of nitrogens with two attached hydrogens (primary N) is 1. The van der Waals surface area contributed by atoms with E-state index in [1.807, 2.05) is 13.8 Å². The van der Waals surface area contributed by atoms with Gasteiger partial charge in [0.2, 0.25) is 5.95 Å². The highest BCUT2D eigenvalue weighted by molar-refractivity contribution is 5.73. The number of rotatable bonds is 6. The van der Waals surface area contributed by atoms with E-state index in [9.17, 15) is 4.79 Å². The number of aliphatic carboxylic acids is 1. The van der Waals surface area contributed by atoms with Crippen LogP contribution in [0.25, 0.3) is 0 Å². The van der Waals surface area contributed by atoms with E-state index in [1.54, 1.807) is 12.4 Å². The first kappa shape index (κ1) is 13.4. The quantitative estimate of drug-likeness (QED) is 0.672. The summed E-state index contributed by atoms with van der Waals surface area (Å²) in [5.74, 6) is -0.552. The van der Waals surface area contributed by atoms with Gasteiger partial charge in [0.15, 0.2) is 0 Å². The third-order valence-corrected chi connectivity index (χ3v) is 2.73. The molecular weight excluding hydrogens is 220 g/mol. The van der Waals surface area contributed by atoms with Crippen LogP contribution in [0.2, 0.25) is 0 Å². The second-order valence-corrected chi connectivity index (χ2v) is 4.03. The van der Waals surface area contributed by atoms with Crippen LogP contribution in [0.5, 0.6) is 0 Å². The van der Waals surface area contributed by atoms with E-state index < -0.39 is 12.0 Å². The lowest BCUT2D eigenvalue weighted by atomic mass is 9.99. The van der Waals surface area contributed by atoms with Crippen molar-refractivity contribution in [3.63, 3.8) is 0 Å². The number of carbonyl (C=O) groups is 1. The largest absolute Gasteiger partial charge is 0.480 e. The molecular formula is C11H18N4O2. The van der Waals surface area contributed by atoms with Crippen LogP contribution in [0.15, 0.2) is 12.4 Å². The molecule has 0 unspecified atom stereocenters. The first-order valence-electron chi connectivity index (χ1n) is 5.57. The number of aromatic nitrogens is 2. The highest BCUT2D eigenvalue weighted by atomic mass is 16.4. The van der Waals surface area contributed by atoms with E-state index in [0.717, 1.165) is 12.0 Å². The Morgan fingerprint density at radius 3 is 2.59 bits per heavy atom. The molecule has 6 nitrogen and oxygen atoms in total. The number of nitrogens with zero attached hydrogens (tertiary/aromatic N) is 2. The van der Waals surface area contributed by atoms with Gasteiger partial charge in [-0.25, -0.2) is 9.97 Å². The Balaban J connectivity index is 2.57. The second-order valence-electron chi connectivity index (χ2n) is 4.03. The van der Waals surface area contributed by atoms with E-state index in [1.165, 1.54) is 0 Å². The van der Waals surface area contributed by atoms with Gasteiger partial charge in [0.1, 0.15) is 6.04 Å². The number of nitrogen functional groups attached to an aromatic ring is 1. The maximum absolute atomic E-state index is 11.1. The SMILES string of the molecule is CC[C@@H](C)[C@H](NCc1cnc(N)nc1)C(=O)O. The lowest BCUT2D eigenvalue weighted by Crippen LogP contribution is -2.41. The zero-order valence-corrected chi connectivity index (χ0v) is 10.1. The molecule has 0 radical (unpaired) electrons. The highest BCUT2D eigenvalue weighted by Gasteiger charge is 2.22. The molecule has 0 aromatic carbocycles.